The third-order valence-electron chi connectivity index (χ3n) is 5.72. The summed E-state index contributed by atoms with van der Waals surface area (Å²) < 4.78 is 5.45. The minimum atomic E-state index is 0.186. The number of hydrogen-bond donors (Lipinski definition) is 0. The van der Waals surface area contributed by atoms with Crippen LogP contribution in [0.3, 0.4) is 0 Å². The van der Waals surface area contributed by atoms with Crippen LogP contribution in [0.1, 0.15) is 29.1 Å². The van der Waals surface area contributed by atoms with Crippen LogP contribution < -0.4 is 4.90 Å². The van der Waals surface area contributed by atoms with E-state index in [-0.39, 0.29) is 5.91 Å². The molecular weight excluding hydrogens is 374 g/mol. The van der Waals surface area contributed by atoms with Crippen LogP contribution >= 0.6 is 11.3 Å². The summed E-state index contributed by atoms with van der Waals surface area (Å²) in [5, 5.41) is 1.09. The van der Waals surface area contributed by atoms with Crippen molar-refractivity contribution in [3.63, 3.8) is 0 Å². The number of hydrogen-bond acceptors (Lipinski definition) is 7. The van der Waals surface area contributed by atoms with Gasteiger partial charge in [-0.2, -0.15) is 0 Å². The first-order valence-corrected chi connectivity index (χ1v) is 10.9. The number of carbonyl (C=O) groups is 1. The topological polar surface area (TPSA) is 61.8 Å². The first-order valence-electron chi connectivity index (χ1n) is 10.1. The molecule has 8 heteroatoms. The van der Waals surface area contributed by atoms with Gasteiger partial charge in [-0.15, -0.1) is 11.3 Å². The standard InChI is InChI=1S/C20H29N5O2S/c1-14-15(2)28-20-18(14)19(23(3)13-17(26)25-6-4-5-7-25)21-16(22-20)12-24-8-10-27-11-9-24/h4-13H2,1-3H3. The molecule has 2 aromatic rings. The van der Waals surface area contributed by atoms with Gasteiger partial charge in [0, 0.05) is 38.1 Å². The lowest BCUT2D eigenvalue weighted by atomic mass is 10.2. The molecule has 1 amide bonds. The van der Waals surface area contributed by atoms with Gasteiger partial charge in [0.2, 0.25) is 5.91 Å². The number of fused-ring (bicyclic) bond motifs is 1. The Morgan fingerprint density at radius 3 is 2.57 bits per heavy atom. The molecule has 0 spiro atoms. The van der Waals surface area contributed by atoms with Gasteiger partial charge >= 0.3 is 0 Å². The highest BCUT2D eigenvalue weighted by Crippen LogP contribution is 2.34. The lowest BCUT2D eigenvalue weighted by molar-refractivity contribution is -0.128. The highest BCUT2D eigenvalue weighted by Gasteiger charge is 2.23. The van der Waals surface area contributed by atoms with E-state index in [0.29, 0.717) is 6.54 Å². The SMILES string of the molecule is Cc1sc2nc(CN3CCOCC3)nc(N(C)CC(=O)N3CCCC3)c2c1C. The zero-order chi connectivity index (χ0) is 19.7. The Morgan fingerprint density at radius 2 is 1.86 bits per heavy atom. The third-order valence-corrected chi connectivity index (χ3v) is 6.82. The molecule has 0 unspecified atom stereocenters. The summed E-state index contributed by atoms with van der Waals surface area (Å²) in [6, 6.07) is 0. The quantitative estimate of drug-likeness (QED) is 0.763. The molecule has 2 aliphatic rings. The summed E-state index contributed by atoms with van der Waals surface area (Å²) in [4.78, 5) is 31.0. The summed E-state index contributed by atoms with van der Waals surface area (Å²) >= 11 is 1.71. The second-order valence-electron chi connectivity index (χ2n) is 7.76. The molecule has 0 aromatic carbocycles. The predicted molar refractivity (Wildman–Crippen MR) is 112 cm³/mol. The number of thiophene rings is 1. The summed E-state index contributed by atoms with van der Waals surface area (Å²) in [7, 11) is 1.97. The van der Waals surface area contributed by atoms with Gasteiger partial charge in [0.1, 0.15) is 16.5 Å². The van der Waals surface area contributed by atoms with Crippen molar-refractivity contribution in [2.24, 2.45) is 0 Å². The zero-order valence-electron chi connectivity index (χ0n) is 17.0. The van der Waals surface area contributed by atoms with E-state index in [1.54, 1.807) is 11.3 Å². The van der Waals surface area contributed by atoms with E-state index in [2.05, 4.69) is 18.7 Å². The molecule has 4 rings (SSSR count). The molecular formula is C20H29N5O2S. The molecule has 2 aliphatic heterocycles. The molecule has 0 bridgehead atoms. The first kappa shape index (κ1) is 19.5. The minimum absolute atomic E-state index is 0.186. The maximum Gasteiger partial charge on any atom is 0.242 e. The second-order valence-corrected chi connectivity index (χ2v) is 8.96. The fraction of sp³-hybridized carbons (Fsp3) is 0.650. The number of anilines is 1. The number of ether oxygens (including phenoxy) is 1. The third kappa shape index (κ3) is 3.99. The van der Waals surface area contributed by atoms with Crippen LogP contribution in [0.15, 0.2) is 0 Å². The number of nitrogens with zero attached hydrogens (tertiary/aromatic N) is 5. The average Bonchev–Trinajstić information content (AvgIpc) is 3.31. The normalized spacial score (nSPS) is 18.2. The molecule has 0 saturated carbocycles. The Bertz CT molecular complexity index is 856. The Morgan fingerprint density at radius 1 is 1.14 bits per heavy atom. The molecule has 2 fully saturated rings. The molecule has 7 nitrogen and oxygen atoms in total. The smallest absolute Gasteiger partial charge is 0.242 e. The molecule has 0 atom stereocenters. The molecule has 152 valence electrons. The van der Waals surface area contributed by atoms with E-state index in [1.807, 2.05) is 16.8 Å². The maximum atomic E-state index is 12.7. The van der Waals surface area contributed by atoms with E-state index in [9.17, 15) is 4.79 Å². The molecule has 0 N–H and O–H groups in total. The van der Waals surface area contributed by atoms with Crippen LogP contribution in [-0.2, 0) is 16.1 Å². The van der Waals surface area contributed by atoms with Crippen molar-refractivity contribution in [2.75, 3.05) is 57.9 Å². The van der Waals surface area contributed by atoms with Gasteiger partial charge in [-0.1, -0.05) is 0 Å². The number of rotatable bonds is 5. The van der Waals surface area contributed by atoms with Crippen LogP contribution in [0, 0.1) is 13.8 Å². The van der Waals surface area contributed by atoms with E-state index < -0.39 is 0 Å². The van der Waals surface area contributed by atoms with Crippen molar-refractivity contribution >= 4 is 33.3 Å². The van der Waals surface area contributed by atoms with Crippen molar-refractivity contribution in [1.29, 1.82) is 0 Å². The Balaban J connectivity index is 1.62. The highest BCUT2D eigenvalue weighted by molar-refractivity contribution is 7.18. The summed E-state index contributed by atoms with van der Waals surface area (Å²) in [5.74, 6) is 1.89. The lowest BCUT2D eigenvalue weighted by Gasteiger charge is -2.27. The van der Waals surface area contributed by atoms with Crippen LogP contribution in [0.4, 0.5) is 5.82 Å². The van der Waals surface area contributed by atoms with Gasteiger partial charge in [-0.05, 0) is 32.3 Å². The molecule has 0 radical (unpaired) electrons. The number of likely N-dealkylation sites (tertiary alicyclic amines) is 1. The van der Waals surface area contributed by atoms with Gasteiger partial charge in [0.05, 0.1) is 31.7 Å². The van der Waals surface area contributed by atoms with Crippen molar-refractivity contribution in [3.8, 4) is 0 Å². The van der Waals surface area contributed by atoms with Gasteiger partial charge in [0.25, 0.3) is 0 Å². The van der Waals surface area contributed by atoms with E-state index in [0.717, 1.165) is 80.6 Å². The first-order chi connectivity index (χ1) is 13.5. The number of aryl methyl sites for hydroxylation is 2. The van der Waals surface area contributed by atoms with Gasteiger partial charge in [-0.25, -0.2) is 9.97 Å². The van der Waals surface area contributed by atoms with Crippen LogP contribution in [-0.4, -0.2) is 78.7 Å². The largest absolute Gasteiger partial charge is 0.379 e. The van der Waals surface area contributed by atoms with E-state index in [1.165, 1.54) is 10.4 Å². The minimum Gasteiger partial charge on any atom is -0.379 e. The highest BCUT2D eigenvalue weighted by atomic mass is 32.1. The lowest BCUT2D eigenvalue weighted by Crippen LogP contribution is -2.38. The predicted octanol–water partition coefficient (Wildman–Crippen LogP) is 2.20. The Hall–Kier alpha value is -1.77. The fourth-order valence-electron chi connectivity index (χ4n) is 3.92. The number of carbonyl (C=O) groups excluding carboxylic acids is 1. The van der Waals surface area contributed by atoms with Gasteiger partial charge < -0.3 is 14.5 Å². The number of amides is 1. The van der Waals surface area contributed by atoms with Crippen LogP contribution in [0.25, 0.3) is 10.2 Å². The van der Waals surface area contributed by atoms with Crippen LogP contribution in [0.5, 0.6) is 0 Å². The molecule has 4 heterocycles. The van der Waals surface area contributed by atoms with Crippen molar-refractivity contribution in [1.82, 2.24) is 19.8 Å². The molecule has 2 saturated heterocycles. The monoisotopic (exact) mass is 403 g/mol. The van der Waals surface area contributed by atoms with Gasteiger partial charge in [-0.3, -0.25) is 9.69 Å². The maximum absolute atomic E-state index is 12.7. The summed E-state index contributed by atoms with van der Waals surface area (Å²) in [6.07, 6.45) is 2.22. The van der Waals surface area contributed by atoms with Crippen molar-refractivity contribution in [2.45, 2.75) is 33.2 Å². The van der Waals surface area contributed by atoms with E-state index in [4.69, 9.17) is 14.7 Å². The van der Waals surface area contributed by atoms with Crippen LogP contribution in [0.2, 0.25) is 0 Å². The average molecular weight is 404 g/mol. The Kier molecular flexibility index (Phi) is 5.80. The number of morpholine rings is 1. The fourth-order valence-corrected chi connectivity index (χ4v) is 4.96. The van der Waals surface area contributed by atoms with Crippen molar-refractivity contribution < 1.29 is 9.53 Å². The zero-order valence-corrected chi connectivity index (χ0v) is 17.8. The number of likely N-dealkylation sites (N-methyl/N-ethyl adjacent to an activating group) is 1. The van der Waals surface area contributed by atoms with E-state index >= 15 is 0 Å². The number of aromatic nitrogens is 2. The molecule has 0 aliphatic carbocycles. The molecule has 28 heavy (non-hydrogen) atoms. The second kappa shape index (κ2) is 8.31. The molecule has 2 aromatic heterocycles. The van der Waals surface area contributed by atoms with Gasteiger partial charge in [0.15, 0.2) is 0 Å². The summed E-state index contributed by atoms with van der Waals surface area (Å²) in [5.41, 5.74) is 1.22. The van der Waals surface area contributed by atoms with Crippen molar-refractivity contribution in [3.05, 3.63) is 16.3 Å². The summed E-state index contributed by atoms with van der Waals surface area (Å²) in [6.45, 7) is 10.4. The Labute approximate surface area is 170 Å².